The lowest BCUT2D eigenvalue weighted by atomic mass is 9.85. The third kappa shape index (κ3) is 4.68. The second-order valence-corrected chi connectivity index (χ2v) is 10.7. The van der Waals surface area contributed by atoms with Crippen molar-refractivity contribution in [3.63, 3.8) is 0 Å². The predicted molar refractivity (Wildman–Crippen MR) is 152 cm³/mol. The van der Waals surface area contributed by atoms with Gasteiger partial charge in [0, 0.05) is 27.4 Å². The van der Waals surface area contributed by atoms with Crippen molar-refractivity contribution in [2.45, 2.75) is 44.1 Å². The lowest BCUT2D eigenvalue weighted by Gasteiger charge is -2.20. The fourth-order valence-electron chi connectivity index (χ4n) is 5.24. The molecular weight excluding hydrogens is 499 g/mol. The molecule has 4 aromatic carbocycles. The quantitative estimate of drug-likeness (QED) is 0.215. The molecule has 0 aliphatic heterocycles. The Kier molecular flexibility index (Phi) is 6.54. The summed E-state index contributed by atoms with van der Waals surface area (Å²) in [7, 11) is 0. The van der Waals surface area contributed by atoms with Crippen LogP contribution >= 0.6 is 23.2 Å². The normalized spacial score (nSPS) is 14.4. The summed E-state index contributed by atoms with van der Waals surface area (Å²) in [5.74, 6) is 1.53. The largest absolute Gasteiger partial charge is 0.388 e. The zero-order valence-corrected chi connectivity index (χ0v) is 22.1. The van der Waals surface area contributed by atoms with Gasteiger partial charge in [0.25, 0.3) is 0 Å². The van der Waals surface area contributed by atoms with E-state index in [2.05, 4.69) is 53.1 Å². The van der Waals surface area contributed by atoms with E-state index in [0.29, 0.717) is 22.4 Å². The minimum atomic E-state index is -0.528. The molecular formula is C32H28Cl2N2O. The number of fused-ring (bicyclic) bond motifs is 1. The Morgan fingerprint density at radius 3 is 2.03 bits per heavy atom. The summed E-state index contributed by atoms with van der Waals surface area (Å²) in [6, 6.07) is 30.9. The first-order valence-corrected chi connectivity index (χ1v) is 13.6. The lowest BCUT2D eigenvalue weighted by molar-refractivity contribution is 0.173. The Balaban J connectivity index is 1.58. The maximum absolute atomic E-state index is 10.9. The number of hydrogen-bond donors (Lipinski definition) is 1. The van der Waals surface area contributed by atoms with Gasteiger partial charge >= 0.3 is 0 Å². The van der Waals surface area contributed by atoms with Gasteiger partial charge in [0.1, 0.15) is 5.82 Å². The molecule has 0 bridgehead atoms. The number of para-hydroxylation sites is 1. The zero-order valence-electron chi connectivity index (χ0n) is 20.6. The van der Waals surface area contributed by atoms with E-state index in [-0.39, 0.29) is 5.92 Å². The van der Waals surface area contributed by atoms with E-state index in [9.17, 15) is 5.11 Å². The first-order chi connectivity index (χ1) is 18.0. The number of aromatic nitrogens is 2. The van der Waals surface area contributed by atoms with Gasteiger partial charge in [-0.25, -0.2) is 4.98 Å². The first kappa shape index (κ1) is 24.2. The van der Waals surface area contributed by atoms with Crippen molar-refractivity contribution in [1.82, 2.24) is 9.55 Å². The summed E-state index contributed by atoms with van der Waals surface area (Å²) in [5, 5.41) is 12.3. The second kappa shape index (κ2) is 9.98. The van der Waals surface area contributed by atoms with Crippen molar-refractivity contribution >= 4 is 34.2 Å². The molecule has 186 valence electrons. The average molecular weight is 527 g/mol. The van der Waals surface area contributed by atoms with Crippen molar-refractivity contribution in [2.75, 3.05) is 0 Å². The molecule has 1 aliphatic rings. The molecule has 0 amide bonds. The topological polar surface area (TPSA) is 38.0 Å². The Hall–Kier alpha value is -3.11. The number of halogens is 2. The zero-order chi connectivity index (χ0) is 25.5. The van der Waals surface area contributed by atoms with Gasteiger partial charge in [0.05, 0.1) is 22.8 Å². The van der Waals surface area contributed by atoms with Crippen LogP contribution in [0.2, 0.25) is 10.0 Å². The van der Waals surface area contributed by atoms with Crippen LogP contribution in [0.25, 0.3) is 16.7 Å². The monoisotopic (exact) mass is 526 g/mol. The molecule has 3 nitrogen and oxygen atoms in total. The van der Waals surface area contributed by atoms with Crippen molar-refractivity contribution < 1.29 is 5.11 Å². The van der Waals surface area contributed by atoms with Gasteiger partial charge in [-0.05, 0) is 78.4 Å². The van der Waals surface area contributed by atoms with Crippen molar-refractivity contribution in [2.24, 2.45) is 0 Å². The van der Waals surface area contributed by atoms with Crippen LogP contribution in [0.5, 0.6) is 0 Å². The van der Waals surface area contributed by atoms with Crippen LogP contribution in [0.4, 0.5) is 0 Å². The molecule has 37 heavy (non-hydrogen) atoms. The molecule has 1 heterocycles. The molecule has 1 fully saturated rings. The van der Waals surface area contributed by atoms with Crippen LogP contribution in [-0.4, -0.2) is 14.7 Å². The van der Waals surface area contributed by atoms with E-state index in [4.69, 9.17) is 28.2 Å². The molecule has 0 saturated heterocycles. The van der Waals surface area contributed by atoms with Gasteiger partial charge in [0.15, 0.2) is 0 Å². The number of aliphatic hydroxyl groups is 1. The lowest BCUT2D eigenvalue weighted by Crippen LogP contribution is -2.08. The van der Waals surface area contributed by atoms with Crippen LogP contribution in [0, 0.1) is 0 Å². The molecule has 0 radical (unpaired) electrons. The van der Waals surface area contributed by atoms with E-state index in [1.54, 1.807) is 0 Å². The van der Waals surface area contributed by atoms with E-state index in [1.165, 1.54) is 0 Å². The Morgan fingerprint density at radius 2 is 1.43 bits per heavy atom. The Bertz CT molecular complexity index is 1510. The molecule has 5 heteroatoms. The number of aliphatic hydroxyl groups excluding tert-OH is 1. The molecule has 1 atom stereocenters. The molecule has 1 N–H and O–H groups in total. The number of rotatable bonds is 7. The van der Waals surface area contributed by atoms with E-state index >= 15 is 0 Å². The van der Waals surface area contributed by atoms with E-state index < -0.39 is 6.10 Å². The average Bonchev–Trinajstić information content (AvgIpc) is 3.71. The summed E-state index contributed by atoms with van der Waals surface area (Å²) in [6.45, 7) is 2.01. The smallest absolute Gasteiger partial charge is 0.117 e. The summed E-state index contributed by atoms with van der Waals surface area (Å²) < 4.78 is 2.28. The van der Waals surface area contributed by atoms with Crippen LogP contribution < -0.4 is 0 Å². The number of hydrogen-bond acceptors (Lipinski definition) is 2. The molecule has 1 aliphatic carbocycles. The number of nitrogens with zero attached hydrogens (tertiary/aromatic N) is 2. The molecule has 0 spiro atoms. The molecule has 1 aromatic heterocycles. The third-order valence-corrected chi connectivity index (χ3v) is 7.81. The Morgan fingerprint density at radius 1 is 0.838 bits per heavy atom. The highest BCUT2D eigenvalue weighted by atomic mass is 35.5. The van der Waals surface area contributed by atoms with Crippen LogP contribution in [0.15, 0.2) is 91.0 Å². The fraction of sp³-hybridized carbons (Fsp3) is 0.219. The van der Waals surface area contributed by atoms with Gasteiger partial charge < -0.3 is 5.11 Å². The fourth-order valence-corrected chi connectivity index (χ4v) is 5.49. The standard InChI is InChI=1S/C32H28Cl2N2O/c1-2-30(37)26-5-3-4-6-28(26)36-29-19-23(13-18-27(29)35-32(36)22-7-8-22)31(20-9-14-24(33)15-10-20)21-11-16-25(34)17-12-21/h3-6,9-19,22,30-31,37H,2,7-8H2,1H3/t30-/m0/s1. The predicted octanol–water partition coefficient (Wildman–Crippen LogP) is 8.83. The van der Waals surface area contributed by atoms with Crippen molar-refractivity contribution in [1.29, 1.82) is 0 Å². The Labute approximate surface area is 227 Å². The summed E-state index contributed by atoms with van der Waals surface area (Å²) in [4.78, 5) is 5.09. The first-order valence-electron chi connectivity index (χ1n) is 12.8. The van der Waals surface area contributed by atoms with E-state index in [0.717, 1.165) is 57.6 Å². The highest BCUT2D eigenvalue weighted by molar-refractivity contribution is 6.30. The van der Waals surface area contributed by atoms with Crippen LogP contribution in [0.3, 0.4) is 0 Å². The van der Waals surface area contributed by atoms with Gasteiger partial charge in [0.2, 0.25) is 0 Å². The van der Waals surface area contributed by atoms with Gasteiger partial charge in [-0.2, -0.15) is 0 Å². The molecule has 1 saturated carbocycles. The molecule has 5 aromatic rings. The van der Waals surface area contributed by atoms with Gasteiger partial charge in [-0.15, -0.1) is 0 Å². The summed E-state index contributed by atoms with van der Waals surface area (Å²) >= 11 is 12.5. The molecule has 6 rings (SSSR count). The maximum atomic E-state index is 10.9. The third-order valence-electron chi connectivity index (χ3n) is 7.31. The van der Waals surface area contributed by atoms with Gasteiger partial charge in [-0.1, -0.05) is 78.7 Å². The second-order valence-electron chi connectivity index (χ2n) is 9.85. The van der Waals surface area contributed by atoms with E-state index in [1.807, 2.05) is 49.4 Å². The van der Waals surface area contributed by atoms with Crippen LogP contribution in [0.1, 0.15) is 72.2 Å². The van der Waals surface area contributed by atoms with Crippen LogP contribution in [-0.2, 0) is 0 Å². The minimum absolute atomic E-state index is 0.00290. The number of imidazole rings is 1. The molecule has 0 unspecified atom stereocenters. The highest BCUT2D eigenvalue weighted by Crippen LogP contribution is 2.43. The summed E-state index contributed by atoms with van der Waals surface area (Å²) in [6.07, 6.45) is 2.42. The SMILES string of the molecule is CC[C@H](O)c1ccccc1-n1c(C2CC2)nc2ccc(C(c3ccc(Cl)cc3)c3ccc(Cl)cc3)cc21. The summed E-state index contributed by atoms with van der Waals surface area (Å²) in [5.41, 5.74) is 7.44. The highest BCUT2D eigenvalue weighted by Gasteiger charge is 2.31. The van der Waals surface area contributed by atoms with Crippen molar-refractivity contribution in [3.05, 3.63) is 129 Å². The number of benzene rings is 4. The maximum Gasteiger partial charge on any atom is 0.117 e. The van der Waals surface area contributed by atoms with Crippen molar-refractivity contribution in [3.8, 4) is 5.69 Å². The van der Waals surface area contributed by atoms with Gasteiger partial charge in [-0.3, -0.25) is 4.57 Å². The minimum Gasteiger partial charge on any atom is -0.388 e.